The molecule has 1 aromatic rings. The number of rotatable bonds is 6. The van der Waals surface area contributed by atoms with Crippen molar-refractivity contribution >= 4 is 11.8 Å². The highest BCUT2D eigenvalue weighted by Gasteiger charge is 2.28. The minimum atomic E-state index is -0.0300. The molecule has 2 amide bonds. The van der Waals surface area contributed by atoms with Crippen molar-refractivity contribution in [1.29, 1.82) is 0 Å². The minimum Gasteiger partial charge on any atom is -0.497 e. The summed E-state index contributed by atoms with van der Waals surface area (Å²) >= 11 is 0. The zero-order chi connectivity index (χ0) is 19.2. The predicted molar refractivity (Wildman–Crippen MR) is 99.9 cm³/mol. The molecule has 1 atom stereocenters. The molecule has 0 aliphatic carbocycles. The number of nitrogens with zero attached hydrogens (tertiary/aromatic N) is 1. The molecule has 148 valence electrons. The zero-order valence-electron chi connectivity index (χ0n) is 16.0. The van der Waals surface area contributed by atoms with E-state index in [-0.39, 0.29) is 30.3 Å². The van der Waals surface area contributed by atoms with Gasteiger partial charge in [-0.1, -0.05) is 6.07 Å². The Morgan fingerprint density at radius 1 is 1.26 bits per heavy atom. The van der Waals surface area contributed by atoms with E-state index < -0.39 is 0 Å². The maximum Gasteiger partial charge on any atom is 0.248 e. The number of ether oxygens (including phenoxy) is 3. The van der Waals surface area contributed by atoms with Crippen molar-refractivity contribution in [2.75, 3.05) is 47.1 Å². The summed E-state index contributed by atoms with van der Waals surface area (Å²) in [7, 11) is 3.16. The van der Waals surface area contributed by atoms with Crippen LogP contribution in [-0.4, -0.2) is 63.8 Å². The molecular formula is C20H28N2O5. The van der Waals surface area contributed by atoms with Crippen molar-refractivity contribution in [3.8, 4) is 11.5 Å². The molecule has 0 bridgehead atoms. The first-order chi connectivity index (χ1) is 13.1. The summed E-state index contributed by atoms with van der Waals surface area (Å²) in [5, 5.41) is 3.07. The van der Waals surface area contributed by atoms with Crippen molar-refractivity contribution in [3.63, 3.8) is 0 Å². The van der Waals surface area contributed by atoms with Gasteiger partial charge in [0.1, 0.15) is 18.1 Å². The highest BCUT2D eigenvalue weighted by Crippen LogP contribution is 2.30. The van der Waals surface area contributed by atoms with Crippen LogP contribution < -0.4 is 14.8 Å². The first-order valence-corrected chi connectivity index (χ1v) is 9.45. The molecule has 7 nitrogen and oxygen atoms in total. The summed E-state index contributed by atoms with van der Waals surface area (Å²) in [5.74, 6) is 1.96. The second-order valence-corrected chi connectivity index (χ2v) is 7.19. The van der Waals surface area contributed by atoms with Gasteiger partial charge in [0, 0.05) is 44.6 Å². The lowest BCUT2D eigenvalue weighted by Gasteiger charge is -2.32. The van der Waals surface area contributed by atoms with Gasteiger partial charge in [0.15, 0.2) is 0 Å². The van der Waals surface area contributed by atoms with Crippen molar-refractivity contribution in [1.82, 2.24) is 10.2 Å². The summed E-state index contributed by atoms with van der Waals surface area (Å²) in [6, 6.07) is 5.86. The molecule has 0 unspecified atom stereocenters. The third kappa shape index (κ3) is 4.91. The average Bonchev–Trinajstić information content (AvgIpc) is 2.71. The molecule has 7 heteroatoms. The largest absolute Gasteiger partial charge is 0.497 e. The molecule has 1 saturated heterocycles. The number of benzene rings is 1. The lowest BCUT2D eigenvalue weighted by Crippen LogP contribution is -2.45. The molecular weight excluding hydrogens is 348 g/mol. The van der Waals surface area contributed by atoms with Crippen LogP contribution in [0.2, 0.25) is 0 Å². The van der Waals surface area contributed by atoms with Crippen LogP contribution in [0.4, 0.5) is 0 Å². The van der Waals surface area contributed by atoms with Crippen molar-refractivity contribution in [2.24, 2.45) is 11.8 Å². The van der Waals surface area contributed by atoms with E-state index >= 15 is 0 Å². The molecule has 2 aliphatic heterocycles. The SMILES string of the molecule is COCC(=O)N1CCC(C(=O)NC[C@H]2COc3cc(OC)ccc3C2)CC1. The van der Waals surface area contributed by atoms with Gasteiger partial charge in [-0.3, -0.25) is 9.59 Å². The smallest absolute Gasteiger partial charge is 0.248 e. The lowest BCUT2D eigenvalue weighted by atomic mass is 9.94. The third-order valence-corrected chi connectivity index (χ3v) is 5.31. The molecule has 0 radical (unpaired) electrons. The maximum atomic E-state index is 12.5. The molecule has 1 N–H and O–H groups in total. The van der Waals surface area contributed by atoms with E-state index in [1.165, 1.54) is 7.11 Å². The molecule has 0 spiro atoms. The number of likely N-dealkylation sites (tertiary alicyclic amines) is 1. The Morgan fingerprint density at radius 3 is 2.74 bits per heavy atom. The predicted octanol–water partition coefficient (Wildman–Crippen LogP) is 1.25. The van der Waals surface area contributed by atoms with Gasteiger partial charge in [0.05, 0.1) is 13.7 Å². The molecule has 0 saturated carbocycles. The fourth-order valence-electron chi connectivity index (χ4n) is 3.67. The van der Waals surface area contributed by atoms with Gasteiger partial charge < -0.3 is 24.4 Å². The number of methoxy groups -OCH3 is 2. The number of hydrogen-bond donors (Lipinski definition) is 1. The topological polar surface area (TPSA) is 77.1 Å². The van der Waals surface area contributed by atoms with Crippen LogP contribution in [-0.2, 0) is 20.7 Å². The van der Waals surface area contributed by atoms with Crippen molar-refractivity contribution < 1.29 is 23.8 Å². The van der Waals surface area contributed by atoms with Gasteiger partial charge in [-0.15, -0.1) is 0 Å². The van der Waals surface area contributed by atoms with Gasteiger partial charge in [0.2, 0.25) is 11.8 Å². The van der Waals surface area contributed by atoms with Crippen molar-refractivity contribution in [2.45, 2.75) is 19.3 Å². The molecule has 1 aromatic carbocycles. The van der Waals surface area contributed by atoms with Gasteiger partial charge >= 0.3 is 0 Å². The number of fused-ring (bicyclic) bond motifs is 1. The highest BCUT2D eigenvalue weighted by molar-refractivity contribution is 5.80. The number of carbonyl (C=O) groups excluding carboxylic acids is 2. The van der Waals surface area contributed by atoms with Crippen LogP contribution in [0.15, 0.2) is 18.2 Å². The summed E-state index contributed by atoms with van der Waals surface area (Å²) in [5.41, 5.74) is 1.14. The Balaban J connectivity index is 1.43. The highest BCUT2D eigenvalue weighted by atomic mass is 16.5. The van der Waals surface area contributed by atoms with Crippen molar-refractivity contribution in [3.05, 3.63) is 23.8 Å². The number of piperidine rings is 1. The normalized spacial score (nSPS) is 19.8. The van der Waals surface area contributed by atoms with Gasteiger partial charge in [-0.2, -0.15) is 0 Å². The Kier molecular flexibility index (Phi) is 6.55. The third-order valence-electron chi connectivity index (χ3n) is 5.31. The van der Waals surface area contributed by atoms with Crippen LogP contribution in [0.25, 0.3) is 0 Å². The number of carbonyl (C=O) groups is 2. The molecule has 2 heterocycles. The van der Waals surface area contributed by atoms with Gasteiger partial charge in [-0.25, -0.2) is 0 Å². The van der Waals surface area contributed by atoms with E-state index in [0.717, 1.165) is 23.5 Å². The van der Waals surface area contributed by atoms with E-state index in [1.807, 2.05) is 18.2 Å². The fraction of sp³-hybridized carbons (Fsp3) is 0.600. The standard InChI is InChI=1S/C20H28N2O5/c1-25-13-19(23)22-7-5-15(6-8-22)20(24)21-11-14-9-16-3-4-17(26-2)10-18(16)27-12-14/h3-4,10,14-15H,5-9,11-13H2,1-2H3,(H,21,24)/t14-/m0/s1. The van der Waals surface area contributed by atoms with E-state index in [0.29, 0.717) is 39.1 Å². The number of hydrogen-bond acceptors (Lipinski definition) is 5. The van der Waals surface area contributed by atoms with E-state index in [9.17, 15) is 9.59 Å². The lowest BCUT2D eigenvalue weighted by molar-refractivity contribution is -0.138. The Morgan fingerprint density at radius 2 is 2.04 bits per heavy atom. The van der Waals surface area contributed by atoms with Crippen LogP contribution in [0.5, 0.6) is 11.5 Å². The molecule has 0 aromatic heterocycles. The first kappa shape index (κ1) is 19.5. The average molecular weight is 376 g/mol. The van der Waals surface area contributed by atoms with Crippen LogP contribution >= 0.6 is 0 Å². The van der Waals surface area contributed by atoms with E-state index in [2.05, 4.69) is 5.32 Å². The summed E-state index contributed by atoms with van der Waals surface area (Å²) in [6.45, 7) is 2.52. The molecule has 27 heavy (non-hydrogen) atoms. The van der Waals surface area contributed by atoms with Crippen LogP contribution in [0, 0.1) is 11.8 Å². The van der Waals surface area contributed by atoms with Crippen LogP contribution in [0.3, 0.4) is 0 Å². The summed E-state index contributed by atoms with van der Waals surface area (Å²) in [6.07, 6.45) is 2.28. The summed E-state index contributed by atoms with van der Waals surface area (Å²) < 4.78 is 15.9. The second-order valence-electron chi connectivity index (χ2n) is 7.19. The first-order valence-electron chi connectivity index (χ1n) is 9.45. The number of amides is 2. The zero-order valence-corrected chi connectivity index (χ0v) is 16.0. The monoisotopic (exact) mass is 376 g/mol. The summed E-state index contributed by atoms with van der Waals surface area (Å²) in [4.78, 5) is 26.1. The second kappa shape index (κ2) is 9.08. The fourth-order valence-corrected chi connectivity index (χ4v) is 3.67. The van der Waals surface area contributed by atoms with Gasteiger partial charge in [0.25, 0.3) is 0 Å². The Labute approximate surface area is 160 Å². The van der Waals surface area contributed by atoms with E-state index in [4.69, 9.17) is 14.2 Å². The Bertz CT molecular complexity index is 670. The quantitative estimate of drug-likeness (QED) is 0.809. The Hall–Kier alpha value is -2.28. The van der Waals surface area contributed by atoms with Gasteiger partial charge in [-0.05, 0) is 30.9 Å². The number of nitrogens with one attached hydrogen (secondary N) is 1. The minimum absolute atomic E-state index is 0.00833. The van der Waals surface area contributed by atoms with Crippen LogP contribution in [0.1, 0.15) is 18.4 Å². The molecule has 3 rings (SSSR count). The maximum absolute atomic E-state index is 12.5. The van der Waals surface area contributed by atoms with E-state index in [1.54, 1.807) is 12.0 Å². The molecule has 1 fully saturated rings. The molecule has 2 aliphatic rings.